The maximum atomic E-state index is 12.6. The average Bonchev–Trinajstić information content (AvgIpc) is 3.34. The molecule has 0 aliphatic rings. The summed E-state index contributed by atoms with van der Waals surface area (Å²) in [6.07, 6.45) is 2.45. The van der Waals surface area contributed by atoms with Gasteiger partial charge in [-0.25, -0.2) is 0 Å². The van der Waals surface area contributed by atoms with E-state index in [0.29, 0.717) is 42.0 Å². The standard InChI is InChI=1S/C28H32N4O4S/c1-6-20-12-19(5)13-23(15-20)35-10-11-36-24-9-8-21(16-25(24)34-7-2)14-22(17-29)26(33)30-28-32-31-27(37-28)18(3)4/h8-9,12-16,18H,6-7,10-11H2,1-5H3,(H,30,32,33). The van der Waals surface area contributed by atoms with Crippen molar-refractivity contribution in [1.82, 2.24) is 10.2 Å². The second kappa shape index (κ2) is 13.4. The number of amides is 1. The van der Waals surface area contributed by atoms with E-state index >= 15 is 0 Å². The van der Waals surface area contributed by atoms with E-state index in [-0.39, 0.29) is 11.5 Å². The molecule has 0 spiro atoms. The maximum absolute atomic E-state index is 12.6. The molecule has 1 amide bonds. The van der Waals surface area contributed by atoms with E-state index in [1.165, 1.54) is 23.0 Å². The van der Waals surface area contributed by atoms with Gasteiger partial charge in [0.25, 0.3) is 5.91 Å². The van der Waals surface area contributed by atoms with Crippen LogP contribution in [0.5, 0.6) is 17.2 Å². The number of anilines is 1. The Labute approximate surface area is 221 Å². The number of aryl methyl sites for hydroxylation is 2. The minimum atomic E-state index is -0.549. The van der Waals surface area contributed by atoms with E-state index < -0.39 is 5.91 Å². The molecule has 0 unspecified atom stereocenters. The Kier molecular flexibility index (Phi) is 10.0. The summed E-state index contributed by atoms with van der Waals surface area (Å²) >= 11 is 1.29. The van der Waals surface area contributed by atoms with Gasteiger partial charge < -0.3 is 14.2 Å². The van der Waals surface area contributed by atoms with E-state index in [1.807, 2.05) is 45.9 Å². The molecular formula is C28H32N4O4S. The highest BCUT2D eigenvalue weighted by Crippen LogP contribution is 2.30. The van der Waals surface area contributed by atoms with Crippen LogP contribution >= 0.6 is 11.3 Å². The van der Waals surface area contributed by atoms with Crippen LogP contribution in [0, 0.1) is 18.3 Å². The number of nitrogens with one attached hydrogen (secondary N) is 1. The molecule has 0 aliphatic heterocycles. The number of nitriles is 1. The van der Waals surface area contributed by atoms with Gasteiger partial charge in [-0.05, 0) is 67.3 Å². The van der Waals surface area contributed by atoms with Gasteiger partial charge in [-0.1, -0.05) is 44.2 Å². The van der Waals surface area contributed by atoms with Gasteiger partial charge in [0.1, 0.15) is 35.6 Å². The third kappa shape index (κ3) is 8.05. The normalized spacial score (nSPS) is 11.2. The predicted octanol–water partition coefficient (Wildman–Crippen LogP) is 5.93. The van der Waals surface area contributed by atoms with Crippen molar-refractivity contribution in [2.75, 3.05) is 25.1 Å². The zero-order chi connectivity index (χ0) is 26.8. The molecule has 9 heteroatoms. The van der Waals surface area contributed by atoms with Crippen LogP contribution in [-0.2, 0) is 11.2 Å². The molecule has 1 aromatic heterocycles. The van der Waals surface area contributed by atoms with Crippen LogP contribution < -0.4 is 19.5 Å². The van der Waals surface area contributed by atoms with Crippen LogP contribution in [0.2, 0.25) is 0 Å². The van der Waals surface area contributed by atoms with Gasteiger partial charge in [-0.2, -0.15) is 5.26 Å². The van der Waals surface area contributed by atoms with Gasteiger partial charge in [0, 0.05) is 5.92 Å². The van der Waals surface area contributed by atoms with Crippen LogP contribution in [0.4, 0.5) is 5.13 Å². The van der Waals surface area contributed by atoms with Crippen molar-refractivity contribution in [1.29, 1.82) is 5.26 Å². The highest BCUT2D eigenvalue weighted by Gasteiger charge is 2.15. The molecule has 1 N–H and O–H groups in total. The second-order valence-corrected chi connectivity index (χ2v) is 9.58. The second-order valence-electron chi connectivity index (χ2n) is 8.57. The lowest BCUT2D eigenvalue weighted by molar-refractivity contribution is -0.112. The molecule has 194 valence electrons. The van der Waals surface area contributed by atoms with Crippen molar-refractivity contribution >= 4 is 28.5 Å². The molecule has 0 saturated carbocycles. The predicted molar refractivity (Wildman–Crippen MR) is 145 cm³/mol. The minimum absolute atomic E-state index is 0.0598. The third-order valence-corrected chi connectivity index (χ3v) is 6.37. The van der Waals surface area contributed by atoms with Crippen molar-refractivity contribution in [2.24, 2.45) is 0 Å². The topological polar surface area (TPSA) is 106 Å². The lowest BCUT2D eigenvalue weighted by Gasteiger charge is -2.14. The van der Waals surface area contributed by atoms with Crippen LogP contribution in [0.1, 0.15) is 55.3 Å². The van der Waals surface area contributed by atoms with E-state index in [9.17, 15) is 10.1 Å². The lowest BCUT2D eigenvalue weighted by atomic mass is 10.1. The van der Waals surface area contributed by atoms with Crippen LogP contribution in [-0.4, -0.2) is 35.9 Å². The number of hydrogen-bond acceptors (Lipinski definition) is 8. The molecule has 2 aromatic carbocycles. The summed E-state index contributed by atoms with van der Waals surface area (Å²) < 4.78 is 17.5. The monoisotopic (exact) mass is 520 g/mol. The number of hydrogen-bond donors (Lipinski definition) is 1. The summed E-state index contributed by atoms with van der Waals surface area (Å²) in [6, 6.07) is 13.4. The van der Waals surface area contributed by atoms with Gasteiger partial charge in [-0.15, -0.1) is 10.2 Å². The zero-order valence-electron chi connectivity index (χ0n) is 21.8. The van der Waals surface area contributed by atoms with Crippen molar-refractivity contribution < 1.29 is 19.0 Å². The van der Waals surface area contributed by atoms with Crippen molar-refractivity contribution in [3.8, 4) is 23.3 Å². The van der Waals surface area contributed by atoms with Gasteiger partial charge in [0.2, 0.25) is 5.13 Å². The molecule has 37 heavy (non-hydrogen) atoms. The molecule has 3 aromatic rings. The maximum Gasteiger partial charge on any atom is 0.268 e. The Balaban J connectivity index is 1.65. The van der Waals surface area contributed by atoms with Gasteiger partial charge >= 0.3 is 0 Å². The number of aromatic nitrogens is 2. The molecule has 8 nitrogen and oxygen atoms in total. The summed E-state index contributed by atoms with van der Waals surface area (Å²) in [6.45, 7) is 11.2. The fourth-order valence-electron chi connectivity index (χ4n) is 3.42. The smallest absolute Gasteiger partial charge is 0.268 e. The molecular weight excluding hydrogens is 488 g/mol. The highest BCUT2D eigenvalue weighted by molar-refractivity contribution is 7.15. The van der Waals surface area contributed by atoms with Crippen molar-refractivity contribution in [3.63, 3.8) is 0 Å². The number of carbonyl (C=O) groups excluding carboxylic acids is 1. The number of carbonyl (C=O) groups is 1. The molecule has 0 fully saturated rings. The molecule has 0 saturated heterocycles. The molecule has 1 heterocycles. The fraction of sp³-hybridized carbons (Fsp3) is 0.357. The molecule has 0 bridgehead atoms. The largest absolute Gasteiger partial charge is 0.490 e. The summed E-state index contributed by atoms with van der Waals surface area (Å²) in [5.41, 5.74) is 2.96. The van der Waals surface area contributed by atoms with Crippen LogP contribution in [0.25, 0.3) is 6.08 Å². The van der Waals surface area contributed by atoms with E-state index in [2.05, 4.69) is 28.5 Å². The summed E-state index contributed by atoms with van der Waals surface area (Å²) in [7, 11) is 0. The van der Waals surface area contributed by atoms with Gasteiger partial charge in [-0.3, -0.25) is 10.1 Å². The molecule has 0 aliphatic carbocycles. The van der Waals surface area contributed by atoms with Crippen LogP contribution in [0.15, 0.2) is 42.0 Å². The number of rotatable bonds is 12. The Morgan fingerprint density at radius 3 is 2.54 bits per heavy atom. The Hall–Kier alpha value is -3.90. The number of benzene rings is 2. The Morgan fingerprint density at radius 1 is 1.08 bits per heavy atom. The van der Waals surface area contributed by atoms with Gasteiger partial charge in [0.15, 0.2) is 11.5 Å². The van der Waals surface area contributed by atoms with Crippen LogP contribution in [0.3, 0.4) is 0 Å². The first-order valence-electron chi connectivity index (χ1n) is 12.2. The molecule has 0 atom stereocenters. The minimum Gasteiger partial charge on any atom is -0.490 e. The molecule has 3 rings (SSSR count). The summed E-state index contributed by atoms with van der Waals surface area (Å²) in [4.78, 5) is 12.6. The Morgan fingerprint density at radius 2 is 1.86 bits per heavy atom. The molecule has 0 radical (unpaired) electrons. The van der Waals surface area contributed by atoms with Crippen molar-refractivity contribution in [2.45, 2.75) is 47.0 Å². The SMILES string of the molecule is CCOc1cc(C=C(C#N)C(=O)Nc2nnc(C(C)C)s2)ccc1OCCOc1cc(C)cc(CC)c1. The highest BCUT2D eigenvalue weighted by atomic mass is 32.1. The van der Waals surface area contributed by atoms with Crippen molar-refractivity contribution in [3.05, 3.63) is 63.7 Å². The average molecular weight is 521 g/mol. The zero-order valence-corrected chi connectivity index (χ0v) is 22.6. The van der Waals surface area contributed by atoms with E-state index in [4.69, 9.17) is 14.2 Å². The quantitative estimate of drug-likeness (QED) is 0.179. The van der Waals surface area contributed by atoms with E-state index in [1.54, 1.807) is 18.2 Å². The fourth-order valence-corrected chi connectivity index (χ4v) is 4.16. The number of nitrogens with zero attached hydrogens (tertiary/aromatic N) is 3. The first-order chi connectivity index (χ1) is 17.8. The third-order valence-electron chi connectivity index (χ3n) is 5.23. The van der Waals surface area contributed by atoms with Gasteiger partial charge in [0.05, 0.1) is 6.61 Å². The Bertz CT molecular complexity index is 1290. The number of ether oxygens (including phenoxy) is 3. The lowest BCUT2D eigenvalue weighted by Crippen LogP contribution is -2.13. The summed E-state index contributed by atoms with van der Waals surface area (Å²) in [5.74, 6) is 1.55. The first-order valence-corrected chi connectivity index (χ1v) is 13.0. The summed E-state index contributed by atoms with van der Waals surface area (Å²) in [5, 5.41) is 21.4. The van der Waals surface area contributed by atoms with E-state index in [0.717, 1.165) is 22.7 Å². The first kappa shape index (κ1) is 27.7.